The normalized spacial score (nSPS) is 10.9. The van der Waals surface area contributed by atoms with E-state index < -0.39 is 0 Å². The first kappa shape index (κ1) is 29.4. The van der Waals surface area contributed by atoms with Crippen molar-refractivity contribution in [3.8, 4) is 11.4 Å². The number of nitrogens with zero attached hydrogens (tertiary/aromatic N) is 4. The van der Waals surface area contributed by atoms with Gasteiger partial charge in [-0.3, -0.25) is 14.2 Å². The van der Waals surface area contributed by atoms with Crippen molar-refractivity contribution in [3.63, 3.8) is 0 Å². The molecule has 0 saturated carbocycles. The van der Waals surface area contributed by atoms with Crippen molar-refractivity contribution in [1.82, 2.24) is 19.7 Å². The number of aromatic nitrogens is 4. The fraction of sp³-hybridized carbons (Fsp3) is 0.0938. The molecule has 6 aromatic rings. The van der Waals surface area contributed by atoms with E-state index in [4.69, 9.17) is 4.74 Å². The number of rotatable bonds is 12. The first-order valence-corrected chi connectivity index (χ1v) is 16.4. The van der Waals surface area contributed by atoms with Crippen molar-refractivity contribution in [1.29, 1.82) is 0 Å². The van der Waals surface area contributed by atoms with Gasteiger partial charge in [-0.15, -0.1) is 21.5 Å². The third-order valence-corrected chi connectivity index (χ3v) is 9.29. The van der Waals surface area contributed by atoms with Crippen molar-refractivity contribution in [3.05, 3.63) is 115 Å². The van der Waals surface area contributed by atoms with Crippen LogP contribution in [-0.4, -0.2) is 43.1 Å². The molecule has 0 atom stereocenters. The maximum atomic E-state index is 12.9. The van der Waals surface area contributed by atoms with Crippen LogP contribution in [0.1, 0.15) is 5.82 Å². The molecule has 9 nitrogen and oxygen atoms in total. The SMILES string of the molecule is O=C(CSc1nc2ccc(NC(=O)CSc3nnc(COc4ccccc4)n3-c3ccccc3)cc2s1)Nc1ccccc1. The second-order valence-electron chi connectivity index (χ2n) is 9.37. The number of para-hydroxylation sites is 3. The molecule has 0 saturated heterocycles. The molecule has 2 heterocycles. The Hall–Kier alpha value is -4.65. The molecular formula is C32H26N6O3S3. The topological polar surface area (TPSA) is 111 Å². The molecule has 0 radical (unpaired) electrons. The minimum absolute atomic E-state index is 0.0927. The molecule has 0 spiro atoms. The number of thiazole rings is 1. The molecular weight excluding hydrogens is 613 g/mol. The summed E-state index contributed by atoms with van der Waals surface area (Å²) in [6.07, 6.45) is 0. The van der Waals surface area contributed by atoms with Crippen molar-refractivity contribution >= 4 is 68.3 Å². The number of carbonyl (C=O) groups excluding carboxylic acids is 2. The van der Waals surface area contributed by atoms with E-state index in [0.717, 1.165) is 31.7 Å². The predicted molar refractivity (Wildman–Crippen MR) is 177 cm³/mol. The number of hydrogen-bond acceptors (Lipinski definition) is 9. The van der Waals surface area contributed by atoms with Crippen LogP contribution in [0.25, 0.3) is 15.9 Å². The largest absolute Gasteiger partial charge is 0.486 e. The van der Waals surface area contributed by atoms with E-state index >= 15 is 0 Å². The van der Waals surface area contributed by atoms with Gasteiger partial charge in [-0.1, -0.05) is 78.1 Å². The van der Waals surface area contributed by atoms with Gasteiger partial charge in [0.05, 0.1) is 21.7 Å². The standard InChI is InChI=1S/C32H26N6O3S3/c39-29(20-42-31-37-36-28(19-41-25-14-8-3-9-15-25)38(31)24-12-6-2-7-13-24)34-23-16-17-26-27(18-23)44-32(35-26)43-21-30(40)33-22-10-4-1-5-11-22/h1-18H,19-21H2,(H,33,40)(H,34,39). The number of amides is 2. The predicted octanol–water partition coefficient (Wildman–Crippen LogP) is 6.92. The molecule has 0 fully saturated rings. The third kappa shape index (κ3) is 7.64. The van der Waals surface area contributed by atoms with E-state index in [1.807, 2.05) is 114 Å². The highest BCUT2D eigenvalue weighted by atomic mass is 32.2. The van der Waals surface area contributed by atoms with Crippen LogP contribution in [0.2, 0.25) is 0 Å². The monoisotopic (exact) mass is 638 g/mol. The summed E-state index contributed by atoms with van der Waals surface area (Å²) >= 11 is 4.17. The molecule has 44 heavy (non-hydrogen) atoms. The van der Waals surface area contributed by atoms with Gasteiger partial charge in [-0.05, 0) is 54.6 Å². The first-order chi connectivity index (χ1) is 21.6. The van der Waals surface area contributed by atoms with Crippen LogP contribution >= 0.6 is 34.9 Å². The van der Waals surface area contributed by atoms with Crippen LogP contribution in [-0.2, 0) is 16.2 Å². The van der Waals surface area contributed by atoms with Gasteiger partial charge in [0.2, 0.25) is 11.8 Å². The lowest BCUT2D eigenvalue weighted by atomic mass is 10.3. The molecule has 0 aliphatic rings. The quantitative estimate of drug-likeness (QED) is 0.139. The van der Waals surface area contributed by atoms with Gasteiger partial charge >= 0.3 is 0 Å². The Morgan fingerprint density at radius 2 is 1.41 bits per heavy atom. The maximum absolute atomic E-state index is 12.9. The minimum Gasteiger partial charge on any atom is -0.486 e. The molecule has 0 bridgehead atoms. The molecule has 6 rings (SSSR count). The summed E-state index contributed by atoms with van der Waals surface area (Å²) < 4.78 is 9.54. The molecule has 4 aromatic carbocycles. The maximum Gasteiger partial charge on any atom is 0.234 e. The van der Waals surface area contributed by atoms with E-state index in [-0.39, 0.29) is 29.9 Å². The van der Waals surface area contributed by atoms with E-state index in [9.17, 15) is 9.59 Å². The Bertz CT molecular complexity index is 1860. The fourth-order valence-corrected chi connectivity index (χ4v) is 6.88. The van der Waals surface area contributed by atoms with E-state index in [1.54, 1.807) is 0 Å². The lowest BCUT2D eigenvalue weighted by molar-refractivity contribution is -0.114. The molecule has 220 valence electrons. The summed E-state index contributed by atoms with van der Waals surface area (Å²) in [5.74, 6) is 1.50. The van der Waals surface area contributed by atoms with Crippen LogP contribution in [0.5, 0.6) is 5.75 Å². The molecule has 12 heteroatoms. The second-order valence-corrected chi connectivity index (χ2v) is 12.6. The van der Waals surface area contributed by atoms with Gasteiger partial charge in [0.15, 0.2) is 15.3 Å². The van der Waals surface area contributed by atoms with Gasteiger partial charge in [0.1, 0.15) is 12.4 Å². The Morgan fingerprint density at radius 1 is 0.750 bits per heavy atom. The number of thioether (sulfide) groups is 2. The van der Waals surface area contributed by atoms with Crippen LogP contribution in [0.4, 0.5) is 11.4 Å². The summed E-state index contributed by atoms with van der Waals surface area (Å²) in [5.41, 5.74) is 3.13. The van der Waals surface area contributed by atoms with Gasteiger partial charge in [0, 0.05) is 17.1 Å². The first-order valence-electron chi connectivity index (χ1n) is 13.6. The van der Waals surface area contributed by atoms with E-state index in [1.165, 1.54) is 34.9 Å². The lowest BCUT2D eigenvalue weighted by Crippen LogP contribution is -2.14. The third-order valence-electron chi connectivity index (χ3n) is 6.20. The second kappa shape index (κ2) is 14.2. The smallest absolute Gasteiger partial charge is 0.234 e. The summed E-state index contributed by atoms with van der Waals surface area (Å²) in [5, 5.41) is 15.2. The summed E-state index contributed by atoms with van der Waals surface area (Å²) in [4.78, 5) is 29.9. The molecule has 0 aliphatic carbocycles. The minimum atomic E-state index is -0.171. The number of fused-ring (bicyclic) bond motifs is 1. The van der Waals surface area contributed by atoms with Gasteiger partial charge in [-0.2, -0.15) is 0 Å². The summed E-state index contributed by atoms with van der Waals surface area (Å²) in [7, 11) is 0. The Morgan fingerprint density at radius 3 is 2.16 bits per heavy atom. The molecule has 2 N–H and O–H groups in total. The number of anilines is 2. The van der Waals surface area contributed by atoms with Crippen molar-refractivity contribution < 1.29 is 14.3 Å². The summed E-state index contributed by atoms with van der Waals surface area (Å²) in [6, 6.07) is 34.2. The van der Waals surface area contributed by atoms with Gasteiger partial charge in [-0.25, -0.2) is 4.98 Å². The van der Waals surface area contributed by atoms with Crippen LogP contribution in [0.3, 0.4) is 0 Å². The number of nitrogens with one attached hydrogen (secondary N) is 2. The average molecular weight is 639 g/mol. The van der Waals surface area contributed by atoms with E-state index in [2.05, 4.69) is 25.8 Å². The number of ether oxygens (including phenoxy) is 1. The van der Waals surface area contributed by atoms with Crippen LogP contribution in [0.15, 0.2) is 119 Å². The molecule has 0 aliphatic heterocycles. The molecule has 2 amide bonds. The summed E-state index contributed by atoms with van der Waals surface area (Å²) in [6.45, 7) is 0.228. The van der Waals surface area contributed by atoms with Crippen molar-refractivity contribution in [2.75, 3.05) is 22.1 Å². The number of carbonyl (C=O) groups is 2. The zero-order chi connectivity index (χ0) is 30.1. The molecule has 2 aromatic heterocycles. The zero-order valence-electron chi connectivity index (χ0n) is 23.3. The Balaban J connectivity index is 1.06. The Kier molecular flexibility index (Phi) is 9.51. The zero-order valence-corrected chi connectivity index (χ0v) is 25.7. The number of hydrogen-bond donors (Lipinski definition) is 2. The average Bonchev–Trinajstić information content (AvgIpc) is 3.66. The van der Waals surface area contributed by atoms with Gasteiger partial charge < -0.3 is 15.4 Å². The van der Waals surface area contributed by atoms with Crippen LogP contribution < -0.4 is 15.4 Å². The molecule has 0 unspecified atom stereocenters. The highest BCUT2D eigenvalue weighted by molar-refractivity contribution is 8.01. The van der Waals surface area contributed by atoms with E-state index in [0.29, 0.717) is 16.7 Å². The highest BCUT2D eigenvalue weighted by Crippen LogP contribution is 2.31. The highest BCUT2D eigenvalue weighted by Gasteiger charge is 2.17. The lowest BCUT2D eigenvalue weighted by Gasteiger charge is -2.11. The fourth-order valence-electron chi connectivity index (χ4n) is 4.20. The van der Waals surface area contributed by atoms with Gasteiger partial charge in [0.25, 0.3) is 0 Å². The van der Waals surface area contributed by atoms with Crippen molar-refractivity contribution in [2.24, 2.45) is 0 Å². The Labute approximate surface area is 266 Å². The number of benzene rings is 4. The van der Waals surface area contributed by atoms with Crippen LogP contribution in [0, 0.1) is 0 Å². The van der Waals surface area contributed by atoms with Crippen molar-refractivity contribution in [2.45, 2.75) is 16.1 Å².